The van der Waals surface area contributed by atoms with Gasteiger partial charge < -0.3 is 19.6 Å². The molecule has 0 spiro atoms. The number of aliphatic hydroxyl groups is 2. The topological polar surface area (TPSA) is 79.9 Å². The van der Waals surface area contributed by atoms with Crippen molar-refractivity contribution in [1.82, 2.24) is 18.9 Å². The van der Waals surface area contributed by atoms with Crippen molar-refractivity contribution in [2.24, 2.45) is 0 Å². The van der Waals surface area contributed by atoms with Crippen LogP contribution in [0.5, 0.6) is 0 Å². The van der Waals surface area contributed by atoms with Crippen molar-refractivity contribution in [3.8, 4) is 22.5 Å². The lowest BCUT2D eigenvalue weighted by molar-refractivity contribution is 0.0815. The normalized spacial score (nSPS) is 12.2. The van der Waals surface area contributed by atoms with Crippen LogP contribution in [0.4, 0.5) is 10.2 Å². The number of hydrogen-bond donors (Lipinski definition) is 2. The summed E-state index contributed by atoms with van der Waals surface area (Å²) in [5.74, 6) is 0.0311. The minimum Gasteiger partial charge on any atom is -0.394 e. The van der Waals surface area contributed by atoms with Gasteiger partial charge in [-0.25, -0.2) is 18.8 Å². The fourth-order valence-electron chi connectivity index (χ4n) is 3.12. The second-order valence-electron chi connectivity index (χ2n) is 6.31. The van der Waals surface area contributed by atoms with Gasteiger partial charge >= 0.3 is 0 Å². The lowest BCUT2D eigenvalue weighted by Crippen LogP contribution is -2.19. The highest BCUT2D eigenvalue weighted by atomic mass is 19.1. The first-order valence-electron chi connectivity index (χ1n) is 8.55. The van der Waals surface area contributed by atoms with Gasteiger partial charge in [0.1, 0.15) is 5.82 Å². The minimum absolute atomic E-state index is 0.137. The molecule has 1 atom stereocenters. The molecular formula is C20H16FN5O2. The van der Waals surface area contributed by atoms with E-state index in [9.17, 15) is 14.6 Å². The van der Waals surface area contributed by atoms with Gasteiger partial charge in [-0.1, -0.05) is 6.57 Å². The lowest BCUT2D eigenvalue weighted by atomic mass is 10.1. The van der Waals surface area contributed by atoms with Gasteiger partial charge in [0, 0.05) is 17.2 Å². The van der Waals surface area contributed by atoms with Crippen LogP contribution in [-0.2, 0) is 6.54 Å². The number of hydrogen-bond acceptors (Lipinski definition) is 4. The third-order valence-electron chi connectivity index (χ3n) is 4.45. The van der Waals surface area contributed by atoms with Crippen LogP contribution in [0.25, 0.3) is 33.0 Å². The van der Waals surface area contributed by atoms with E-state index in [0.29, 0.717) is 28.4 Å². The molecule has 4 aromatic rings. The summed E-state index contributed by atoms with van der Waals surface area (Å²) >= 11 is 0. The van der Waals surface area contributed by atoms with Crippen LogP contribution >= 0.6 is 0 Å². The highest BCUT2D eigenvalue weighted by molar-refractivity contribution is 5.79. The van der Waals surface area contributed by atoms with Crippen LogP contribution < -0.4 is 0 Å². The summed E-state index contributed by atoms with van der Waals surface area (Å²) in [4.78, 5) is 12.1. The summed E-state index contributed by atoms with van der Waals surface area (Å²) in [5.41, 5.74) is 3.39. The van der Waals surface area contributed by atoms with Crippen LogP contribution in [-0.4, -0.2) is 41.9 Å². The zero-order valence-corrected chi connectivity index (χ0v) is 14.7. The summed E-state index contributed by atoms with van der Waals surface area (Å²) in [6.45, 7) is 7.05. The van der Waals surface area contributed by atoms with Crippen molar-refractivity contribution in [3.05, 3.63) is 72.4 Å². The molecule has 4 rings (SSSR count). The summed E-state index contributed by atoms with van der Waals surface area (Å²) in [6.07, 6.45) is 3.90. The van der Waals surface area contributed by atoms with Gasteiger partial charge in [0.2, 0.25) is 5.65 Å². The van der Waals surface area contributed by atoms with E-state index in [4.69, 9.17) is 6.57 Å². The number of rotatable bonds is 5. The molecule has 0 saturated carbocycles. The van der Waals surface area contributed by atoms with Gasteiger partial charge in [-0.15, -0.1) is 0 Å². The van der Waals surface area contributed by atoms with Crippen LogP contribution in [0.2, 0.25) is 0 Å². The average Bonchev–Trinajstić information content (AvgIpc) is 3.31. The van der Waals surface area contributed by atoms with E-state index < -0.39 is 6.10 Å². The molecule has 140 valence electrons. The third kappa shape index (κ3) is 3.13. The monoisotopic (exact) mass is 377 g/mol. The van der Waals surface area contributed by atoms with Crippen LogP contribution in [0.15, 0.2) is 55.1 Å². The molecule has 0 aliphatic heterocycles. The van der Waals surface area contributed by atoms with E-state index in [0.717, 1.165) is 5.56 Å². The van der Waals surface area contributed by atoms with Crippen molar-refractivity contribution in [2.45, 2.75) is 12.6 Å². The van der Waals surface area contributed by atoms with E-state index in [-0.39, 0.29) is 19.0 Å². The number of nitrogens with zero attached hydrogens (tertiary/aromatic N) is 5. The number of benzene rings is 1. The van der Waals surface area contributed by atoms with Crippen molar-refractivity contribution in [1.29, 1.82) is 0 Å². The molecule has 0 aliphatic rings. The predicted molar refractivity (Wildman–Crippen MR) is 101 cm³/mol. The number of imidazole rings is 2. The first-order valence-corrected chi connectivity index (χ1v) is 8.55. The average molecular weight is 377 g/mol. The summed E-state index contributed by atoms with van der Waals surface area (Å²) in [6, 6.07) is 9.62. The summed E-state index contributed by atoms with van der Waals surface area (Å²) in [7, 11) is 0. The summed E-state index contributed by atoms with van der Waals surface area (Å²) in [5, 5.41) is 19.1. The molecule has 0 bridgehead atoms. The third-order valence-corrected chi connectivity index (χ3v) is 4.45. The highest BCUT2D eigenvalue weighted by Gasteiger charge is 2.19. The Morgan fingerprint density at radius 3 is 2.57 bits per heavy atom. The quantitative estimate of drug-likeness (QED) is 0.524. The maximum atomic E-state index is 13.3. The second-order valence-corrected chi connectivity index (χ2v) is 6.31. The zero-order valence-electron chi connectivity index (χ0n) is 14.7. The maximum Gasteiger partial charge on any atom is 0.254 e. The van der Waals surface area contributed by atoms with E-state index >= 15 is 0 Å². The van der Waals surface area contributed by atoms with Gasteiger partial charge in [-0.05, 0) is 30.3 Å². The molecule has 0 fully saturated rings. The van der Waals surface area contributed by atoms with Crippen molar-refractivity contribution < 1.29 is 14.6 Å². The van der Waals surface area contributed by atoms with Gasteiger partial charge in [0.25, 0.3) is 5.82 Å². The maximum absolute atomic E-state index is 13.3. The Balaban J connectivity index is 1.91. The van der Waals surface area contributed by atoms with Crippen molar-refractivity contribution >= 4 is 11.5 Å². The fraction of sp³-hybridized carbons (Fsp3) is 0.150. The van der Waals surface area contributed by atoms with E-state index in [1.807, 2.05) is 6.07 Å². The Kier molecular flexibility index (Phi) is 4.61. The molecule has 3 aromatic heterocycles. The first kappa shape index (κ1) is 17.9. The zero-order chi connectivity index (χ0) is 19.7. The lowest BCUT2D eigenvalue weighted by Gasteiger charge is -2.13. The number of pyridine rings is 1. The Morgan fingerprint density at radius 1 is 1.11 bits per heavy atom. The SMILES string of the molecule is [C-]#[N+]c1cnc2ccc(-c3c(-c4ccc(F)cc4)ncn3C[C@@H](O)CO)cn12. The number of aromatic nitrogens is 4. The minimum atomic E-state index is -0.954. The Morgan fingerprint density at radius 2 is 1.86 bits per heavy atom. The second kappa shape index (κ2) is 7.23. The van der Waals surface area contributed by atoms with Gasteiger partial charge in [0.15, 0.2) is 0 Å². The van der Waals surface area contributed by atoms with Gasteiger partial charge in [-0.2, -0.15) is 0 Å². The van der Waals surface area contributed by atoms with Gasteiger partial charge in [0.05, 0.1) is 49.4 Å². The van der Waals surface area contributed by atoms with E-state index in [1.54, 1.807) is 39.7 Å². The van der Waals surface area contributed by atoms with Crippen LogP contribution in [0, 0.1) is 12.4 Å². The number of aliphatic hydroxyl groups excluding tert-OH is 2. The van der Waals surface area contributed by atoms with Crippen molar-refractivity contribution in [3.63, 3.8) is 0 Å². The smallest absolute Gasteiger partial charge is 0.254 e. The van der Waals surface area contributed by atoms with Crippen LogP contribution in [0.3, 0.4) is 0 Å². The Hall–Kier alpha value is -3.54. The molecule has 28 heavy (non-hydrogen) atoms. The molecule has 7 nitrogen and oxygen atoms in total. The molecule has 2 N–H and O–H groups in total. The van der Waals surface area contributed by atoms with Crippen molar-refractivity contribution in [2.75, 3.05) is 6.61 Å². The molecule has 8 heteroatoms. The number of fused-ring (bicyclic) bond motifs is 1. The predicted octanol–water partition coefficient (Wildman–Crippen LogP) is 2.91. The fourth-order valence-corrected chi connectivity index (χ4v) is 3.12. The molecule has 3 heterocycles. The molecule has 0 radical (unpaired) electrons. The standard InChI is InChI=1S/C20H16FN5O2/c1-22-18-8-23-17-7-4-14(9-26(17)18)20-19(13-2-5-15(21)6-3-13)24-12-25(20)10-16(28)11-27/h2-9,12,16,27-28H,10-11H2/t16-/m1/s1. The van der Waals surface area contributed by atoms with E-state index in [1.165, 1.54) is 18.3 Å². The Bertz CT molecular complexity index is 1170. The Labute approximate surface area is 159 Å². The highest BCUT2D eigenvalue weighted by Crippen LogP contribution is 2.32. The van der Waals surface area contributed by atoms with E-state index in [2.05, 4.69) is 14.8 Å². The molecular weight excluding hydrogens is 361 g/mol. The first-order chi connectivity index (χ1) is 13.6. The van der Waals surface area contributed by atoms with Gasteiger partial charge in [-0.3, -0.25) is 0 Å². The molecule has 0 unspecified atom stereocenters. The molecule has 0 saturated heterocycles. The molecule has 0 aliphatic carbocycles. The summed E-state index contributed by atoms with van der Waals surface area (Å²) < 4.78 is 16.8. The largest absolute Gasteiger partial charge is 0.394 e. The number of halogens is 1. The molecule has 1 aromatic carbocycles. The molecule has 0 amide bonds. The van der Waals surface area contributed by atoms with Crippen LogP contribution in [0.1, 0.15) is 0 Å².